The van der Waals surface area contributed by atoms with Gasteiger partial charge in [-0.1, -0.05) is 11.6 Å². The molecule has 0 aromatic carbocycles. The Morgan fingerprint density at radius 2 is 2.21 bits per heavy atom. The molecule has 2 amide bonds. The lowest BCUT2D eigenvalue weighted by Crippen LogP contribution is -2.36. The maximum absolute atomic E-state index is 12.3. The molecule has 0 radical (unpaired) electrons. The molecule has 0 unspecified atom stereocenters. The van der Waals surface area contributed by atoms with E-state index in [-0.39, 0.29) is 6.03 Å². The number of amides is 2. The molecule has 0 saturated carbocycles. The summed E-state index contributed by atoms with van der Waals surface area (Å²) in [6, 6.07) is 3.65. The summed E-state index contributed by atoms with van der Waals surface area (Å²) in [4.78, 5) is 15.0. The highest BCUT2D eigenvalue weighted by Gasteiger charge is 2.14. The Hall–Kier alpha value is -1.57. The number of halogens is 1. The molecule has 0 aliphatic heterocycles. The predicted octanol–water partition coefficient (Wildman–Crippen LogP) is 3.20. The highest BCUT2D eigenvalue weighted by Crippen LogP contribution is 2.22. The average Bonchev–Trinajstić information content (AvgIpc) is 3.06. The lowest BCUT2D eigenvalue weighted by atomic mass is 10.2. The van der Waals surface area contributed by atoms with Crippen molar-refractivity contribution in [2.45, 2.75) is 33.5 Å². The topological polar surface area (TPSA) is 59.4 Å². The summed E-state index contributed by atoms with van der Waals surface area (Å²) >= 11 is 7.40. The Labute approximate surface area is 151 Å². The Kier molecular flexibility index (Phi) is 6.65. The molecule has 8 heteroatoms. The van der Waals surface area contributed by atoms with E-state index in [1.807, 2.05) is 30.7 Å². The zero-order valence-electron chi connectivity index (χ0n) is 14.4. The van der Waals surface area contributed by atoms with Crippen molar-refractivity contribution in [3.8, 4) is 0 Å². The summed E-state index contributed by atoms with van der Waals surface area (Å²) in [5, 5.41) is 7.45. The number of aromatic nitrogens is 2. The van der Waals surface area contributed by atoms with Gasteiger partial charge in [0, 0.05) is 36.8 Å². The highest BCUT2D eigenvalue weighted by molar-refractivity contribution is 7.16. The van der Waals surface area contributed by atoms with Gasteiger partial charge in [-0.05, 0) is 26.0 Å². The van der Waals surface area contributed by atoms with Crippen LogP contribution in [0, 0.1) is 13.8 Å². The van der Waals surface area contributed by atoms with Crippen LogP contribution in [0.5, 0.6) is 0 Å². The van der Waals surface area contributed by atoms with E-state index in [9.17, 15) is 4.79 Å². The van der Waals surface area contributed by atoms with Crippen LogP contribution in [0.2, 0.25) is 4.34 Å². The number of hydrogen-bond acceptors (Lipinski definition) is 4. The number of nitrogens with zero attached hydrogens (tertiary/aromatic N) is 3. The van der Waals surface area contributed by atoms with Crippen molar-refractivity contribution < 1.29 is 9.53 Å². The van der Waals surface area contributed by atoms with Crippen LogP contribution in [-0.2, 0) is 24.4 Å². The van der Waals surface area contributed by atoms with Gasteiger partial charge in [-0.25, -0.2) is 4.79 Å². The summed E-state index contributed by atoms with van der Waals surface area (Å²) in [5.41, 5.74) is 3.03. The fraction of sp³-hybridized carbons (Fsp3) is 0.500. The van der Waals surface area contributed by atoms with E-state index in [1.54, 1.807) is 19.1 Å². The number of urea groups is 1. The molecule has 2 aromatic heterocycles. The van der Waals surface area contributed by atoms with Crippen LogP contribution in [0.3, 0.4) is 0 Å². The SMILES string of the molecule is COCCn1nc(C)c(CNC(=O)N(C)Cc2ccc(Cl)s2)c1C. The third-order valence-electron chi connectivity index (χ3n) is 3.82. The number of ether oxygens (including phenoxy) is 1. The van der Waals surface area contributed by atoms with Gasteiger partial charge in [-0.15, -0.1) is 11.3 Å². The van der Waals surface area contributed by atoms with Crippen LogP contribution in [-0.4, -0.2) is 41.5 Å². The van der Waals surface area contributed by atoms with E-state index in [1.165, 1.54) is 11.3 Å². The summed E-state index contributed by atoms with van der Waals surface area (Å²) in [7, 11) is 3.44. The standard InChI is InChI=1S/C16H23ClN4O2S/c1-11-14(12(2)21(19-11)7-8-23-4)9-18-16(22)20(3)10-13-5-6-15(17)24-13/h5-6H,7-10H2,1-4H3,(H,18,22). The Bertz CT molecular complexity index is 698. The van der Waals surface area contributed by atoms with E-state index in [2.05, 4.69) is 10.4 Å². The molecule has 6 nitrogen and oxygen atoms in total. The number of carbonyl (C=O) groups is 1. The first-order chi connectivity index (χ1) is 11.4. The van der Waals surface area contributed by atoms with Gasteiger partial charge in [0.25, 0.3) is 0 Å². The molecular formula is C16H23ClN4O2S. The van der Waals surface area contributed by atoms with Crippen LogP contribution in [0.4, 0.5) is 4.79 Å². The van der Waals surface area contributed by atoms with E-state index < -0.39 is 0 Å². The molecule has 1 N–H and O–H groups in total. The molecule has 0 saturated heterocycles. The van der Waals surface area contributed by atoms with Crippen LogP contribution in [0.1, 0.15) is 21.8 Å². The lowest BCUT2D eigenvalue weighted by molar-refractivity contribution is 0.182. The summed E-state index contributed by atoms with van der Waals surface area (Å²) in [5.74, 6) is 0. The first-order valence-corrected chi connectivity index (χ1v) is 8.86. The zero-order valence-corrected chi connectivity index (χ0v) is 16.0. The minimum Gasteiger partial charge on any atom is -0.383 e. The Morgan fingerprint density at radius 1 is 1.46 bits per heavy atom. The number of nitrogens with one attached hydrogen (secondary N) is 1. The number of hydrogen-bond donors (Lipinski definition) is 1. The zero-order chi connectivity index (χ0) is 17.7. The molecular weight excluding hydrogens is 348 g/mol. The van der Waals surface area contributed by atoms with E-state index in [4.69, 9.17) is 16.3 Å². The molecule has 132 valence electrons. The third kappa shape index (κ3) is 4.72. The number of carbonyl (C=O) groups excluding carboxylic acids is 1. The van der Waals surface area contributed by atoms with Crippen molar-refractivity contribution in [1.29, 1.82) is 0 Å². The molecule has 2 aromatic rings. The molecule has 0 fully saturated rings. The minimum atomic E-state index is -0.122. The second-order valence-electron chi connectivity index (χ2n) is 5.59. The molecule has 2 rings (SSSR count). The van der Waals surface area contributed by atoms with Crippen molar-refractivity contribution in [3.05, 3.63) is 38.3 Å². The molecule has 24 heavy (non-hydrogen) atoms. The molecule has 0 aliphatic rings. The Balaban J connectivity index is 1.92. The fourth-order valence-corrected chi connectivity index (χ4v) is 3.57. The van der Waals surface area contributed by atoms with Gasteiger partial charge in [-0.3, -0.25) is 4.68 Å². The first kappa shape index (κ1) is 18.8. The quantitative estimate of drug-likeness (QED) is 0.814. The fourth-order valence-electron chi connectivity index (χ4n) is 2.43. The Morgan fingerprint density at radius 3 is 2.83 bits per heavy atom. The number of rotatable bonds is 7. The summed E-state index contributed by atoms with van der Waals surface area (Å²) in [6.07, 6.45) is 0. The van der Waals surface area contributed by atoms with Crippen molar-refractivity contribution in [2.24, 2.45) is 0 Å². The average molecular weight is 371 g/mol. The smallest absolute Gasteiger partial charge is 0.317 e. The van der Waals surface area contributed by atoms with Crippen LogP contribution >= 0.6 is 22.9 Å². The number of aryl methyl sites for hydroxylation is 1. The molecule has 2 heterocycles. The maximum atomic E-state index is 12.3. The normalized spacial score (nSPS) is 10.9. The van der Waals surface area contributed by atoms with Gasteiger partial charge in [0.05, 0.1) is 29.7 Å². The van der Waals surface area contributed by atoms with E-state index in [0.717, 1.165) is 26.2 Å². The highest BCUT2D eigenvalue weighted by atomic mass is 35.5. The van der Waals surface area contributed by atoms with Crippen molar-refractivity contribution in [2.75, 3.05) is 20.8 Å². The van der Waals surface area contributed by atoms with Gasteiger partial charge in [0.2, 0.25) is 0 Å². The second-order valence-corrected chi connectivity index (χ2v) is 7.39. The molecule has 0 bridgehead atoms. The number of thiophene rings is 1. The van der Waals surface area contributed by atoms with Crippen molar-refractivity contribution >= 4 is 29.0 Å². The first-order valence-electron chi connectivity index (χ1n) is 7.67. The van der Waals surface area contributed by atoms with E-state index >= 15 is 0 Å². The van der Waals surface area contributed by atoms with Gasteiger partial charge in [0.15, 0.2) is 0 Å². The van der Waals surface area contributed by atoms with Gasteiger partial charge < -0.3 is 15.0 Å². The summed E-state index contributed by atoms with van der Waals surface area (Å²) in [6.45, 7) is 6.27. The maximum Gasteiger partial charge on any atom is 0.317 e. The van der Waals surface area contributed by atoms with Gasteiger partial charge in [0.1, 0.15) is 0 Å². The monoisotopic (exact) mass is 370 g/mol. The molecule has 0 aliphatic carbocycles. The van der Waals surface area contributed by atoms with Gasteiger partial charge >= 0.3 is 6.03 Å². The third-order valence-corrected chi connectivity index (χ3v) is 5.04. The minimum absolute atomic E-state index is 0.122. The molecule has 0 atom stereocenters. The predicted molar refractivity (Wildman–Crippen MR) is 96.6 cm³/mol. The summed E-state index contributed by atoms with van der Waals surface area (Å²) < 4.78 is 7.74. The van der Waals surface area contributed by atoms with Crippen molar-refractivity contribution in [3.63, 3.8) is 0 Å². The molecule has 0 spiro atoms. The van der Waals surface area contributed by atoms with E-state index in [0.29, 0.717) is 26.2 Å². The van der Waals surface area contributed by atoms with Crippen LogP contribution in [0.25, 0.3) is 0 Å². The largest absolute Gasteiger partial charge is 0.383 e. The van der Waals surface area contributed by atoms with Crippen LogP contribution in [0.15, 0.2) is 12.1 Å². The van der Waals surface area contributed by atoms with Crippen molar-refractivity contribution in [1.82, 2.24) is 20.0 Å². The lowest BCUT2D eigenvalue weighted by Gasteiger charge is -2.17. The number of methoxy groups -OCH3 is 1. The van der Waals surface area contributed by atoms with Crippen LogP contribution < -0.4 is 5.32 Å². The second kappa shape index (κ2) is 8.50. The van der Waals surface area contributed by atoms with Gasteiger partial charge in [-0.2, -0.15) is 5.10 Å².